The maximum Gasteiger partial charge on any atom is 0.124 e. The highest BCUT2D eigenvalue weighted by Gasteiger charge is 2.24. The number of anilines is 3. The predicted molar refractivity (Wildman–Crippen MR) is 600 cm³/mol. The molecule has 0 atom stereocenters. The molecule has 0 aliphatic heterocycles. The van der Waals surface area contributed by atoms with Gasteiger partial charge in [0, 0.05) is 148 Å². The zero-order valence-corrected chi connectivity index (χ0v) is 79.2. The number of rotatable bonds is 15. The highest BCUT2D eigenvalue weighted by atomic mass is 32.1. The van der Waals surface area contributed by atoms with Gasteiger partial charge in [0.05, 0.1) is 31.5 Å². The fraction of sp³-hybridized carbons (Fsp3) is 0. The molecule has 28 aromatic rings. The summed E-state index contributed by atoms with van der Waals surface area (Å²) < 4.78 is 15.3. The number of thiazole rings is 2. The maximum atomic E-state index is 5.52. The summed E-state index contributed by atoms with van der Waals surface area (Å²) in [6.07, 6.45) is 0. The lowest BCUT2D eigenvalue weighted by Gasteiger charge is -2.25. The summed E-state index contributed by atoms with van der Waals surface area (Å²) in [6.45, 7) is 0. The molecule has 7 heterocycles. The Morgan fingerprint density at radius 1 is 0.167 bits per heavy atom. The van der Waals surface area contributed by atoms with Gasteiger partial charge in [0.1, 0.15) is 10.0 Å². The zero-order valence-electron chi connectivity index (χ0n) is 74.3. The van der Waals surface area contributed by atoms with Gasteiger partial charge in [-0.25, -0.2) is 9.97 Å². The van der Waals surface area contributed by atoms with Crippen molar-refractivity contribution in [1.82, 2.24) is 14.5 Å². The van der Waals surface area contributed by atoms with Crippen LogP contribution in [-0.2, 0) is 0 Å². The maximum absolute atomic E-state index is 5.52. The summed E-state index contributed by atoms with van der Waals surface area (Å²) in [5, 5.41) is 15.1. The fourth-order valence-electron chi connectivity index (χ4n) is 20.5. The van der Waals surface area contributed by atoms with E-state index >= 15 is 0 Å². The van der Waals surface area contributed by atoms with Gasteiger partial charge in [0.25, 0.3) is 0 Å². The molecule has 0 bridgehead atoms. The van der Waals surface area contributed by atoms with Crippen LogP contribution in [0.5, 0.6) is 0 Å². The molecule has 0 fully saturated rings. The van der Waals surface area contributed by atoms with E-state index in [9.17, 15) is 0 Å². The first-order valence-electron chi connectivity index (χ1n) is 46.5. The van der Waals surface area contributed by atoms with Crippen molar-refractivity contribution in [2.45, 2.75) is 0 Å². The highest BCUT2D eigenvalue weighted by molar-refractivity contribution is 7.27. The van der Waals surface area contributed by atoms with Crippen LogP contribution in [0.3, 0.4) is 0 Å². The minimum atomic E-state index is 0.998. The molecule has 28 rings (SSSR count). The Balaban J connectivity index is 0.000000140. The van der Waals surface area contributed by atoms with Gasteiger partial charge in [-0.3, -0.25) is 0 Å². The van der Waals surface area contributed by atoms with Crippen molar-refractivity contribution in [3.05, 3.63) is 473 Å². The largest absolute Gasteiger partial charge is 0.311 e. The number of nitrogens with zero attached hydrogens (tertiary/aromatic N) is 4. The summed E-state index contributed by atoms with van der Waals surface area (Å²) in [7, 11) is 0. The molecule has 138 heavy (non-hydrogen) atoms. The van der Waals surface area contributed by atoms with E-state index in [0.717, 1.165) is 71.5 Å². The lowest BCUT2D eigenvalue weighted by atomic mass is 9.95. The molecule has 0 aliphatic carbocycles. The van der Waals surface area contributed by atoms with E-state index in [1.807, 2.05) is 45.3 Å². The van der Waals surface area contributed by atoms with Gasteiger partial charge >= 0.3 is 0 Å². The second-order valence-corrected chi connectivity index (χ2v) is 41.5. The van der Waals surface area contributed by atoms with Crippen LogP contribution in [0.1, 0.15) is 0 Å². The molecule has 646 valence electrons. The van der Waals surface area contributed by atoms with Gasteiger partial charge in [-0.15, -0.1) is 68.0 Å². The number of aromatic nitrogens is 3. The van der Waals surface area contributed by atoms with Gasteiger partial charge in [0.2, 0.25) is 0 Å². The Morgan fingerprint density at radius 2 is 0.457 bits per heavy atom. The van der Waals surface area contributed by atoms with Crippen LogP contribution in [0.25, 0.3) is 250 Å². The fourth-order valence-corrected chi connectivity index (χ4v) is 27.4. The Morgan fingerprint density at radius 3 is 0.891 bits per heavy atom. The highest BCUT2D eigenvalue weighted by Crippen LogP contribution is 2.51. The standard InChI is InChI=1S/C67H40N2S3.C61H38N2S3/c1-2-10-50(11-3-1)69-59-15-7-4-12-53(59)56-38-47(30-35-60(56)69)43-22-28-46(29-23-43)67-68-65-51(44-24-18-41(19-25-44)48-31-36-63-57(39-48)54-13-5-8-16-61(54)70-63)33-34-52(66(65)72-67)45-26-20-42(21-27-45)49-32-37-64-58(40-49)55-14-6-9-17-62(55)71-64;1-3-13-44(14-4-1)63(45-15-5-2-6-16-45)46-35-33-43(34-36-46)61-62-57-47(39-25-27-40(28-26-39)48-19-11-21-53-51-17-7-9-23-55(51)64-58(48)53)37-38-50(60(57)66-61)42-31-29-41(30-32-42)49-20-12-22-54-52-18-8-10-24-56(52)65-59(49)54/h1-40H;1-38H. The van der Waals surface area contributed by atoms with Gasteiger partial charge in [-0.2, -0.15) is 0 Å². The molecule has 0 unspecified atom stereocenters. The van der Waals surface area contributed by atoms with Gasteiger partial charge in [-0.1, -0.05) is 346 Å². The van der Waals surface area contributed by atoms with Crippen LogP contribution in [0.4, 0.5) is 17.1 Å². The van der Waals surface area contributed by atoms with Crippen LogP contribution in [0.2, 0.25) is 0 Å². The quantitative estimate of drug-likeness (QED) is 0.103. The third-order valence-electron chi connectivity index (χ3n) is 27.3. The minimum Gasteiger partial charge on any atom is -0.311 e. The Labute approximate surface area is 820 Å². The first kappa shape index (κ1) is 81.4. The molecule has 0 saturated carbocycles. The van der Waals surface area contributed by atoms with Crippen molar-refractivity contribution in [3.63, 3.8) is 0 Å². The monoisotopic (exact) mass is 1860 g/mol. The number of benzene rings is 21. The number of thiophene rings is 4. The van der Waals surface area contributed by atoms with Crippen molar-refractivity contribution in [1.29, 1.82) is 0 Å². The first-order valence-corrected chi connectivity index (χ1v) is 51.4. The molecule has 0 aliphatic rings. The summed E-state index contributed by atoms with van der Waals surface area (Å²) in [4.78, 5) is 13.3. The van der Waals surface area contributed by atoms with Crippen LogP contribution in [0, 0.1) is 0 Å². The number of hydrogen-bond acceptors (Lipinski definition) is 9. The lowest BCUT2D eigenvalue weighted by molar-refractivity contribution is 1.18. The van der Waals surface area contributed by atoms with Gasteiger partial charge in [0.15, 0.2) is 0 Å². The average molecular weight is 1860 g/mol. The van der Waals surface area contributed by atoms with Gasteiger partial charge in [-0.05, 0) is 205 Å². The first-order chi connectivity index (χ1) is 68.4. The molecule has 0 saturated heterocycles. The van der Waals surface area contributed by atoms with Crippen molar-refractivity contribution in [2.75, 3.05) is 4.90 Å². The SMILES string of the molecule is c1ccc(-n2c3ccccc3c3cc(-c4ccc(-c5nc6c(-c7ccc(-c8ccc9sc%10ccccc%10c9c8)cc7)ccc(-c7ccc(-c8ccc9sc%10ccccc%10c9c8)cc7)c6s5)cc4)ccc32)cc1.c1ccc(N(c2ccccc2)c2ccc(-c3nc4c(-c5ccc(-c6cccc7c6sc6ccccc67)cc5)ccc(-c5ccc(-c6cccc7c6sc6ccccc67)cc5)c4s3)cc2)cc1. The third-order valence-corrected chi connectivity index (χ3v) is 34.3. The van der Waals surface area contributed by atoms with E-state index < -0.39 is 0 Å². The Hall–Kier alpha value is -16.1. The molecular weight excluding hydrogens is 1790 g/mol. The summed E-state index contributed by atoms with van der Waals surface area (Å²) in [5.41, 5.74) is 32.7. The molecule has 4 nitrogen and oxygen atoms in total. The van der Waals surface area contributed by atoms with Crippen molar-refractivity contribution in [2.24, 2.45) is 0 Å². The molecule has 0 N–H and O–H groups in total. The Kier molecular flexibility index (Phi) is 20.1. The van der Waals surface area contributed by atoms with Crippen LogP contribution in [0.15, 0.2) is 473 Å². The summed E-state index contributed by atoms with van der Waals surface area (Å²) >= 11 is 11.0. The van der Waals surface area contributed by atoms with E-state index in [1.54, 1.807) is 22.7 Å². The number of fused-ring (bicyclic) bond motifs is 17. The summed E-state index contributed by atoms with van der Waals surface area (Å²) in [5.74, 6) is 0. The van der Waals surface area contributed by atoms with Crippen molar-refractivity contribution in [3.8, 4) is 127 Å². The lowest BCUT2D eigenvalue weighted by Crippen LogP contribution is -2.09. The van der Waals surface area contributed by atoms with E-state index in [4.69, 9.17) is 9.97 Å². The topological polar surface area (TPSA) is 34.0 Å². The number of para-hydroxylation sites is 4. The second-order valence-electron chi connectivity index (χ2n) is 35.3. The summed E-state index contributed by atoms with van der Waals surface area (Å²) in [6, 6.07) is 173. The molecule has 7 aromatic heterocycles. The molecule has 21 aromatic carbocycles. The minimum absolute atomic E-state index is 0.998. The van der Waals surface area contributed by atoms with Crippen LogP contribution in [-0.4, -0.2) is 14.5 Å². The van der Waals surface area contributed by atoms with E-state index in [-0.39, 0.29) is 0 Å². The van der Waals surface area contributed by atoms with Crippen molar-refractivity contribution >= 4 is 208 Å². The van der Waals surface area contributed by atoms with Crippen LogP contribution < -0.4 is 4.90 Å². The van der Waals surface area contributed by atoms with E-state index in [2.05, 4.69) is 483 Å². The average Bonchev–Trinajstić information content (AvgIpc) is 1.59. The number of hydrogen-bond donors (Lipinski definition) is 0. The normalized spacial score (nSPS) is 11.8. The van der Waals surface area contributed by atoms with Crippen LogP contribution >= 0.6 is 68.0 Å². The molecule has 0 spiro atoms. The molecule has 0 amide bonds. The smallest absolute Gasteiger partial charge is 0.124 e. The molecule has 10 heteroatoms. The third kappa shape index (κ3) is 14.3. The predicted octanol–water partition coefficient (Wildman–Crippen LogP) is 39.0. The zero-order chi connectivity index (χ0) is 90.8. The molecular formula is C128H78N4S6. The molecule has 0 radical (unpaired) electrons. The van der Waals surface area contributed by atoms with Gasteiger partial charge < -0.3 is 9.47 Å². The van der Waals surface area contributed by atoms with E-state index in [1.165, 1.54) is 195 Å². The van der Waals surface area contributed by atoms with E-state index in [0.29, 0.717) is 0 Å². The second kappa shape index (κ2) is 34.0. The van der Waals surface area contributed by atoms with Crippen molar-refractivity contribution < 1.29 is 0 Å². The Bertz CT molecular complexity index is 9170.